The number of hydrogen-bond acceptors (Lipinski definition) is 6. The van der Waals surface area contributed by atoms with Gasteiger partial charge in [-0.25, -0.2) is 4.79 Å². The minimum atomic E-state index is -1.00. The molecule has 1 aliphatic rings. The Hall–Kier alpha value is -1.34. The van der Waals surface area contributed by atoms with Gasteiger partial charge in [0.2, 0.25) is 0 Å². The number of nitrogens with one attached hydrogen (secondary N) is 1. The quantitative estimate of drug-likeness (QED) is 0.783. The third-order valence-electron chi connectivity index (χ3n) is 2.73. The molecule has 98 valence electrons. The molecule has 1 aromatic heterocycles. The Labute approximate surface area is 109 Å². The van der Waals surface area contributed by atoms with Crippen LogP contribution in [0.3, 0.4) is 0 Å². The number of carbonyl (C=O) groups is 1. The molecule has 2 rings (SSSR count). The summed E-state index contributed by atoms with van der Waals surface area (Å²) in [6.07, 6.45) is 4.00. The van der Waals surface area contributed by atoms with Crippen LogP contribution in [0.15, 0.2) is 11.1 Å². The number of nitrogens with zero attached hydrogens (tertiary/aromatic N) is 2. The van der Waals surface area contributed by atoms with Gasteiger partial charge in [-0.15, -0.1) is 22.0 Å². The Balaban J connectivity index is 2.08. The Kier molecular flexibility index (Phi) is 4.38. The van der Waals surface area contributed by atoms with E-state index < -0.39 is 5.97 Å². The first kappa shape index (κ1) is 13.1. The lowest BCUT2D eigenvalue weighted by Gasteiger charge is -2.12. The van der Waals surface area contributed by atoms with Crippen molar-refractivity contribution in [2.75, 3.05) is 24.7 Å². The molecule has 1 fully saturated rings. The summed E-state index contributed by atoms with van der Waals surface area (Å²) in [4.78, 5) is 11.1. The summed E-state index contributed by atoms with van der Waals surface area (Å²) in [5, 5.41) is 20.6. The van der Waals surface area contributed by atoms with Crippen LogP contribution in [-0.2, 0) is 4.74 Å². The van der Waals surface area contributed by atoms with E-state index in [0.29, 0.717) is 17.4 Å². The van der Waals surface area contributed by atoms with Gasteiger partial charge in [0, 0.05) is 13.2 Å². The zero-order valence-electron chi connectivity index (χ0n) is 10.0. The normalized spacial score (nSPS) is 18.8. The van der Waals surface area contributed by atoms with Crippen molar-refractivity contribution >= 4 is 23.5 Å². The fourth-order valence-corrected chi connectivity index (χ4v) is 2.14. The van der Waals surface area contributed by atoms with E-state index >= 15 is 0 Å². The minimum absolute atomic E-state index is 0.133. The maximum absolute atomic E-state index is 11.1. The van der Waals surface area contributed by atoms with Crippen LogP contribution in [0.25, 0.3) is 0 Å². The van der Waals surface area contributed by atoms with Gasteiger partial charge in [-0.2, -0.15) is 0 Å². The van der Waals surface area contributed by atoms with Gasteiger partial charge in [-0.05, 0) is 25.2 Å². The molecule has 0 saturated carbocycles. The largest absolute Gasteiger partial charge is 0.478 e. The van der Waals surface area contributed by atoms with E-state index in [1.54, 1.807) is 0 Å². The number of rotatable bonds is 5. The number of carboxylic acids is 1. The topological polar surface area (TPSA) is 84.3 Å². The van der Waals surface area contributed by atoms with Crippen LogP contribution < -0.4 is 5.32 Å². The van der Waals surface area contributed by atoms with Gasteiger partial charge in [-0.3, -0.25) is 0 Å². The molecule has 2 N–H and O–H groups in total. The molecule has 1 aliphatic heterocycles. The molecular weight excluding hydrogens is 254 g/mol. The molecule has 1 aromatic rings. The summed E-state index contributed by atoms with van der Waals surface area (Å²) in [5.74, 6) is -0.703. The maximum Gasteiger partial charge on any atom is 0.339 e. The Bertz CT molecular complexity index is 436. The van der Waals surface area contributed by atoms with E-state index in [1.807, 2.05) is 6.26 Å². The molecule has 1 unspecified atom stereocenters. The second-order valence-corrected chi connectivity index (χ2v) is 4.80. The molecule has 0 bridgehead atoms. The van der Waals surface area contributed by atoms with Crippen LogP contribution in [0.2, 0.25) is 0 Å². The third-order valence-corrected chi connectivity index (χ3v) is 3.35. The van der Waals surface area contributed by atoms with E-state index in [-0.39, 0.29) is 11.7 Å². The average Bonchev–Trinajstić information content (AvgIpc) is 2.89. The summed E-state index contributed by atoms with van der Waals surface area (Å²) in [6.45, 7) is 1.34. The van der Waals surface area contributed by atoms with Crippen molar-refractivity contribution in [1.29, 1.82) is 0 Å². The highest BCUT2D eigenvalue weighted by Crippen LogP contribution is 2.19. The number of anilines is 1. The van der Waals surface area contributed by atoms with E-state index in [0.717, 1.165) is 19.4 Å². The summed E-state index contributed by atoms with van der Waals surface area (Å²) in [6, 6.07) is 1.53. The summed E-state index contributed by atoms with van der Waals surface area (Å²) < 4.78 is 5.46. The van der Waals surface area contributed by atoms with E-state index in [2.05, 4.69) is 15.5 Å². The van der Waals surface area contributed by atoms with Crippen molar-refractivity contribution in [3.8, 4) is 0 Å². The van der Waals surface area contributed by atoms with Gasteiger partial charge in [0.15, 0.2) is 5.82 Å². The standard InChI is InChI=1S/C11H15N3O3S/c1-18-9-5-8(11(15)16)10(14-13-9)12-6-7-3-2-4-17-7/h5,7H,2-4,6H2,1H3,(H,12,14)(H,15,16). The predicted molar refractivity (Wildman–Crippen MR) is 68.2 cm³/mol. The molecule has 0 radical (unpaired) electrons. The molecule has 6 nitrogen and oxygen atoms in total. The van der Waals surface area contributed by atoms with Gasteiger partial charge in [0.25, 0.3) is 0 Å². The Morgan fingerprint density at radius 3 is 3.11 bits per heavy atom. The fraction of sp³-hybridized carbons (Fsp3) is 0.545. The third kappa shape index (κ3) is 3.11. The van der Waals surface area contributed by atoms with Crippen LogP contribution in [-0.4, -0.2) is 46.8 Å². The van der Waals surface area contributed by atoms with Crippen LogP contribution >= 0.6 is 11.8 Å². The number of aromatic nitrogens is 2. The smallest absolute Gasteiger partial charge is 0.339 e. The molecule has 1 saturated heterocycles. The van der Waals surface area contributed by atoms with E-state index in [9.17, 15) is 4.79 Å². The van der Waals surface area contributed by atoms with Crippen molar-refractivity contribution in [3.63, 3.8) is 0 Å². The number of thioether (sulfide) groups is 1. The highest BCUT2D eigenvalue weighted by molar-refractivity contribution is 7.98. The lowest BCUT2D eigenvalue weighted by Crippen LogP contribution is -2.20. The van der Waals surface area contributed by atoms with Crippen molar-refractivity contribution in [3.05, 3.63) is 11.6 Å². The number of hydrogen-bond donors (Lipinski definition) is 2. The van der Waals surface area contributed by atoms with Crippen molar-refractivity contribution in [1.82, 2.24) is 10.2 Å². The van der Waals surface area contributed by atoms with Crippen LogP contribution in [0.4, 0.5) is 5.82 Å². The molecule has 0 amide bonds. The minimum Gasteiger partial charge on any atom is -0.478 e. The molecule has 0 aliphatic carbocycles. The van der Waals surface area contributed by atoms with Crippen molar-refractivity contribution in [2.24, 2.45) is 0 Å². The monoisotopic (exact) mass is 269 g/mol. The van der Waals surface area contributed by atoms with E-state index in [4.69, 9.17) is 9.84 Å². The second-order valence-electron chi connectivity index (χ2n) is 3.97. The molecule has 7 heteroatoms. The first-order valence-electron chi connectivity index (χ1n) is 5.71. The van der Waals surface area contributed by atoms with Crippen molar-refractivity contribution < 1.29 is 14.6 Å². The average molecular weight is 269 g/mol. The molecule has 2 heterocycles. The molecule has 0 aromatic carbocycles. The highest BCUT2D eigenvalue weighted by Gasteiger charge is 2.18. The molecule has 0 spiro atoms. The van der Waals surface area contributed by atoms with Gasteiger partial charge < -0.3 is 15.2 Å². The van der Waals surface area contributed by atoms with Crippen molar-refractivity contribution in [2.45, 2.75) is 24.0 Å². The second kappa shape index (κ2) is 6.01. The first-order valence-corrected chi connectivity index (χ1v) is 6.93. The van der Waals surface area contributed by atoms with Gasteiger partial charge >= 0.3 is 5.97 Å². The SMILES string of the molecule is CSc1cc(C(=O)O)c(NCC2CCCO2)nn1. The van der Waals surface area contributed by atoms with Gasteiger partial charge in [-0.1, -0.05) is 0 Å². The van der Waals surface area contributed by atoms with Gasteiger partial charge in [0.1, 0.15) is 10.6 Å². The zero-order chi connectivity index (χ0) is 13.0. The fourth-order valence-electron chi connectivity index (χ4n) is 1.78. The summed E-state index contributed by atoms with van der Waals surface area (Å²) >= 11 is 1.36. The molecule has 18 heavy (non-hydrogen) atoms. The number of carboxylic acid groups (broad SMARTS) is 1. The number of aromatic carboxylic acids is 1. The highest BCUT2D eigenvalue weighted by atomic mass is 32.2. The van der Waals surface area contributed by atoms with E-state index in [1.165, 1.54) is 17.8 Å². The maximum atomic E-state index is 11.1. The molecular formula is C11H15N3O3S. The summed E-state index contributed by atoms with van der Waals surface area (Å²) in [5.41, 5.74) is 0.146. The lowest BCUT2D eigenvalue weighted by atomic mass is 10.2. The Morgan fingerprint density at radius 1 is 1.67 bits per heavy atom. The summed E-state index contributed by atoms with van der Waals surface area (Å²) in [7, 11) is 0. The van der Waals surface area contributed by atoms with Crippen LogP contribution in [0.1, 0.15) is 23.2 Å². The Morgan fingerprint density at radius 2 is 2.50 bits per heavy atom. The zero-order valence-corrected chi connectivity index (χ0v) is 10.9. The van der Waals surface area contributed by atoms with Crippen LogP contribution in [0.5, 0.6) is 0 Å². The number of ether oxygens (including phenoxy) is 1. The lowest BCUT2D eigenvalue weighted by molar-refractivity contribution is 0.0696. The van der Waals surface area contributed by atoms with Gasteiger partial charge in [0.05, 0.1) is 6.10 Å². The first-order chi connectivity index (χ1) is 8.70. The van der Waals surface area contributed by atoms with Crippen LogP contribution in [0, 0.1) is 0 Å². The predicted octanol–water partition coefficient (Wildman–Crippen LogP) is 1.49. The molecule has 1 atom stereocenters.